The van der Waals surface area contributed by atoms with E-state index in [4.69, 9.17) is 14.2 Å². The summed E-state index contributed by atoms with van der Waals surface area (Å²) >= 11 is 0. The number of ether oxygens (including phenoxy) is 3. The molecule has 0 fully saturated rings. The molecule has 2 aliphatic rings. The first kappa shape index (κ1) is 12.7. The van der Waals surface area contributed by atoms with Crippen molar-refractivity contribution >= 4 is 0 Å². The van der Waals surface area contributed by atoms with Crippen molar-refractivity contribution in [1.29, 1.82) is 0 Å². The van der Waals surface area contributed by atoms with Gasteiger partial charge in [0.05, 0.1) is 26.9 Å². The third-order valence-corrected chi connectivity index (χ3v) is 4.50. The van der Waals surface area contributed by atoms with Crippen LogP contribution in [0.1, 0.15) is 22.8 Å². The van der Waals surface area contributed by atoms with Crippen LogP contribution in [0.4, 0.5) is 0 Å². The molecule has 4 rings (SSSR count). The Morgan fingerprint density at radius 2 is 1.95 bits per heavy atom. The minimum absolute atomic E-state index is 0.137. The van der Waals surface area contributed by atoms with E-state index in [9.17, 15) is 0 Å². The lowest BCUT2D eigenvalue weighted by atomic mass is 9.79. The van der Waals surface area contributed by atoms with Crippen LogP contribution in [0.3, 0.4) is 0 Å². The first-order valence-corrected chi connectivity index (χ1v) is 7.31. The third-order valence-electron chi connectivity index (χ3n) is 4.50. The minimum Gasteiger partial charge on any atom is -0.493 e. The van der Waals surface area contributed by atoms with Crippen LogP contribution in [0.5, 0.6) is 11.5 Å². The van der Waals surface area contributed by atoms with E-state index in [0.29, 0.717) is 0 Å². The largest absolute Gasteiger partial charge is 0.493 e. The SMILES string of the molecule is COc1cc2c3c(c1OC)-c1ccccc1CC3OCC2. The fourth-order valence-electron chi connectivity index (χ4n) is 3.60. The molecular weight excluding hydrogens is 264 g/mol. The van der Waals surface area contributed by atoms with Gasteiger partial charge in [0.1, 0.15) is 0 Å². The Morgan fingerprint density at radius 3 is 2.76 bits per heavy atom. The van der Waals surface area contributed by atoms with Crippen LogP contribution in [0.15, 0.2) is 30.3 Å². The zero-order chi connectivity index (χ0) is 14.4. The van der Waals surface area contributed by atoms with Gasteiger partial charge in [0.2, 0.25) is 0 Å². The van der Waals surface area contributed by atoms with Crippen molar-refractivity contribution < 1.29 is 14.2 Å². The molecule has 3 heteroatoms. The first-order chi connectivity index (χ1) is 10.3. The van der Waals surface area contributed by atoms with Gasteiger partial charge in [-0.1, -0.05) is 24.3 Å². The van der Waals surface area contributed by atoms with E-state index >= 15 is 0 Å². The number of fused-ring (bicyclic) bond motifs is 2. The van der Waals surface area contributed by atoms with Gasteiger partial charge < -0.3 is 14.2 Å². The van der Waals surface area contributed by atoms with E-state index in [1.807, 2.05) is 0 Å². The lowest BCUT2D eigenvalue weighted by Gasteiger charge is -2.34. The monoisotopic (exact) mass is 282 g/mol. The van der Waals surface area contributed by atoms with Gasteiger partial charge in [0, 0.05) is 12.0 Å². The zero-order valence-corrected chi connectivity index (χ0v) is 12.3. The van der Waals surface area contributed by atoms with Gasteiger partial charge in [-0.05, 0) is 34.7 Å². The van der Waals surface area contributed by atoms with Gasteiger partial charge in [0.15, 0.2) is 11.5 Å². The summed E-state index contributed by atoms with van der Waals surface area (Å²) in [5.41, 5.74) is 6.32. The molecule has 2 aromatic rings. The molecule has 108 valence electrons. The maximum absolute atomic E-state index is 6.02. The summed E-state index contributed by atoms with van der Waals surface area (Å²) in [6.07, 6.45) is 2.01. The standard InChI is InChI=1S/C18H18O3/c1-19-15-10-12-7-8-21-14-9-11-5-3-4-6-13(11)17(16(12)14)18(15)20-2/h3-6,10,14H,7-9H2,1-2H3. The van der Waals surface area contributed by atoms with Crippen LogP contribution in [0, 0.1) is 0 Å². The topological polar surface area (TPSA) is 27.7 Å². The molecule has 0 bridgehead atoms. The number of hydrogen-bond donors (Lipinski definition) is 0. The van der Waals surface area contributed by atoms with Crippen molar-refractivity contribution in [3.8, 4) is 22.6 Å². The number of methoxy groups -OCH3 is 2. The quantitative estimate of drug-likeness (QED) is 0.843. The van der Waals surface area contributed by atoms with E-state index in [1.54, 1.807) is 14.2 Å². The smallest absolute Gasteiger partial charge is 0.168 e. The molecule has 3 nitrogen and oxygen atoms in total. The second-order valence-electron chi connectivity index (χ2n) is 5.53. The maximum Gasteiger partial charge on any atom is 0.168 e. The molecule has 0 saturated carbocycles. The number of benzene rings is 2. The average molecular weight is 282 g/mol. The highest BCUT2D eigenvalue weighted by atomic mass is 16.5. The van der Waals surface area contributed by atoms with Gasteiger partial charge in [-0.25, -0.2) is 0 Å². The molecule has 21 heavy (non-hydrogen) atoms. The first-order valence-electron chi connectivity index (χ1n) is 7.31. The van der Waals surface area contributed by atoms with Gasteiger partial charge in [-0.3, -0.25) is 0 Å². The molecule has 1 heterocycles. The fourth-order valence-corrected chi connectivity index (χ4v) is 3.60. The molecule has 2 aromatic carbocycles. The molecule has 1 aliphatic heterocycles. The second-order valence-corrected chi connectivity index (χ2v) is 5.53. The van der Waals surface area contributed by atoms with Gasteiger partial charge >= 0.3 is 0 Å². The number of hydrogen-bond acceptors (Lipinski definition) is 3. The summed E-state index contributed by atoms with van der Waals surface area (Å²) in [5.74, 6) is 1.63. The summed E-state index contributed by atoms with van der Waals surface area (Å²) < 4.78 is 17.3. The van der Waals surface area contributed by atoms with Gasteiger partial charge in [0.25, 0.3) is 0 Å². The molecule has 0 amide bonds. The predicted molar refractivity (Wildman–Crippen MR) is 81.1 cm³/mol. The minimum atomic E-state index is 0.137. The Kier molecular flexibility index (Phi) is 2.89. The van der Waals surface area contributed by atoms with E-state index in [-0.39, 0.29) is 6.10 Å². The molecule has 1 atom stereocenters. The summed E-state index contributed by atoms with van der Waals surface area (Å²) in [6, 6.07) is 10.6. The summed E-state index contributed by atoms with van der Waals surface area (Å²) in [6.45, 7) is 0.773. The van der Waals surface area contributed by atoms with Crippen molar-refractivity contribution in [2.45, 2.75) is 18.9 Å². The Morgan fingerprint density at radius 1 is 1.10 bits per heavy atom. The summed E-state index contributed by atoms with van der Waals surface area (Å²) in [5, 5.41) is 0. The van der Waals surface area contributed by atoms with Crippen LogP contribution in [-0.2, 0) is 17.6 Å². The van der Waals surface area contributed by atoms with Crippen molar-refractivity contribution in [3.05, 3.63) is 47.0 Å². The lowest BCUT2D eigenvalue weighted by Crippen LogP contribution is -2.23. The summed E-state index contributed by atoms with van der Waals surface area (Å²) in [4.78, 5) is 0. The van der Waals surface area contributed by atoms with Gasteiger partial charge in [-0.15, -0.1) is 0 Å². The van der Waals surface area contributed by atoms with E-state index < -0.39 is 0 Å². The van der Waals surface area contributed by atoms with E-state index in [0.717, 1.165) is 36.5 Å². The molecule has 1 unspecified atom stereocenters. The van der Waals surface area contributed by atoms with Crippen LogP contribution >= 0.6 is 0 Å². The number of rotatable bonds is 2. The lowest BCUT2D eigenvalue weighted by molar-refractivity contribution is 0.0417. The molecule has 0 saturated heterocycles. The van der Waals surface area contributed by atoms with Crippen LogP contribution in [-0.4, -0.2) is 20.8 Å². The highest BCUT2D eigenvalue weighted by molar-refractivity contribution is 5.83. The van der Waals surface area contributed by atoms with Crippen LogP contribution in [0.2, 0.25) is 0 Å². The average Bonchev–Trinajstić information content (AvgIpc) is 2.54. The van der Waals surface area contributed by atoms with Crippen molar-refractivity contribution in [3.63, 3.8) is 0 Å². The summed E-state index contributed by atoms with van der Waals surface area (Å²) in [7, 11) is 3.40. The fraction of sp³-hybridized carbons (Fsp3) is 0.333. The second kappa shape index (κ2) is 4.78. The Bertz CT molecular complexity index is 706. The highest BCUT2D eigenvalue weighted by Crippen LogP contribution is 2.51. The molecule has 0 spiro atoms. The van der Waals surface area contributed by atoms with Crippen LogP contribution < -0.4 is 9.47 Å². The molecule has 0 aromatic heterocycles. The molecule has 1 aliphatic carbocycles. The van der Waals surface area contributed by atoms with Crippen molar-refractivity contribution in [2.24, 2.45) is 0 Å². The zero-order valence-electron chi connectivity index (χ0n) is 12.3. The Hall–Kier alpha value is -2.00. The predicted octanol–water partition coefficient (Wildman–Crippen LogP) is 3.54. The Balaban J connectivity index is 2.09. The highest BCUT2D eigenvalue weighted by Gasteiger charge is 2.34. The van der Waals surface area contributed by atoms with Crippen molar-refractivity contribution in [2.75, 3.05) is 20.8 Å². The maximum atomic E-state index is 6.02. The normalized spacial score (nSPS) is 18.7. The van der Waals surface area contributed by atoms with Gasteiger partial charge in [-0.2, -0.15) is 0 Å². The van der Waals surface area contributed by atoms with Crippen LogP contribution in [0.25, 0.3) is 11.1 Å². The van der Waals surface area contributed by atoms with E-state index in [1.165, 1.54) is 22.3 Å². The molecule has 0 radical (unpaired) electrons. The Labute approximate surface area is 124 Å². The third kappa shape index (κ3) is 1.77. The molecule has 0 N–H and O–H groups in total. The van der Waals surface area contributed by atoms with Crippen molar-refractivity contribution in [1.82, 2.24) is 0 Å². The molecular formula is C18H18O3. The van der Waals surface area contributed by atoms with E-state index in [2.05, 4.69) is 30.3 Å².